The van der Waals surface area contributed by atoms with E-state index in [1.807, 2.05) is 0 Å². The zero-order valence-corrected chi connectivity index (χ0v) is 15.2. The summed E-state index contributed by atoms with van der Waals surface area (Å²) in [6.45, 7) is 3.40. The summed E-state index contributed by atoms with van der Waals surface area (Å²) in [5, 5.41) is 0. The molecule has 1 atom stereocenters. The largest absolute Gasteiger partial charge is 0.444 e. The van der Waals surface area contributed by atoms with E-state index in [1.54, 1.807) is 13.8 Å². The van der Waals surface area contributed by atoms with Gasteiger partial charge in [0, 0.05) is 14.6 Å². The van der Waals surface area contributed by atoms with Gasteiger partial charge in [-0.25, -0.2) is 13.4 Å². The molecule has 3 N–H and O–H groups in total. The molecule has 1 aromatic carbocycles. The first kappa shape index (κ1) is 16.5. The Morgan fingerprint density at radius 1 is 1.33 bits per heavy atom. The Morgan fingerprint density at radius 3 is 2.38 bits per heavy atom. The summed E-state index contributed by atoms with van der Waals surface area (Å²) in [4.78, 5) is 4.09. The third-order valence-electron chi connectivity index (χ3n) is 2.63. The van der Waals surface area contributed by atoms with Gasteiger partial charge in [-0.15, -0.1) is 0 Å². The minimum absolute atomic E-state index is 0.0758. The lowest BCUT2D eigenvalue weighted by molar-refractivity contribution is 0.427. The van der Waals surface area contributed by atoms with Crippen molar-refractivity contribution in [3.05, 3.63) is 38.9 Å². The predicted molar refractivity (Wildman–Crippen MR) is 86.2 cm³/mol. The number of oxazole rings is 1. The number of rotatable bonds is 4. The molecular formula is C12H13Br2N3O3S. The van der Waals surface area contributed by atoms with E-state index in [2.05, 4.69) is 41.6 Å². The number of sulfonamides is 1. The van der Waals surface area contributed by atoms with Crippen LogP contribution in [0.15, 0.2) is 36.6 Å². The van der Waals surface area contributed by atoms with Crippen LogP contribution >= 0.6 is 31.9 Å². The third kappa shape index (κ3) is 3.65. The Hall–Kier alpha value is -0.900. The second-order valence-corrected chi connectivity index (χ2v) is 7.83. The first-order chi connectivity index (χ1) is 9.70. The Kier molecular flexibility index (Phi) is 4.76. The highest BCUT2D eigenvalue weighted by atomic mass is 79.9. The first-order valence-electron chi connectivity index (χ1n) is 5.90. The van der Waals surface area contributed by atoms with Crippen LogP contribution in [0, 0.1) is 6.92 Å². The van der Waals surface area contributed by atoms with Gasteiger partial charge in [-0.2, -0.15) is 4.72 Å². The van der Waals surface area contributed by atoms with Crippen LogP contribution in [0.4, 0.5) is 5.69 Å². The molecule has 0 spiro atoms. The smallest absolute Gasteiger partial charge is 0.243 e. The summed E-state index contributed by atoms with van der Waals surface area (Å²) in [7, 11) is -3.78. The zero-order valence-electron chi connectivity index (χ0n) is 11.2. The second-order valence-electron chi connectivity index (χ2n) is 4.47. The highest BCUT2D eigenvalue weighted by Gasteiger charge is 2.25. The third-order valence-corrected chi connectivity index (χ3v) is 6.05. The van der Waals surface area contributed by atoms with E-state index in [1.165, 1.54) is 18.3 Å². The minimum Gasteiger partial charge on any atom is -0.444 e. The number of hydrogen-bond acceptors (Lipinski definition) is 5. The molecule has 0 aliphatic heterocycles. The van der Waals surface area contributed by atoms with E-state index in [-0.39, 0.29) is 4.90 Å². The number of benzene rings is 1. The monoisotopic (exact) mass is 437 g/mol. The van der Waals surface area contributed by atoms with Crippen LogP contribution < -0.4 is 10.5 Å². The Labute approximate surface area is 139 Å². The lowest BCUT2D eigenvalue weighted by Gasteiger charge is -2.14. The fraction of sp³-hybridized carbons (Fsp3) is 0.250. The van der Waals surface area contributed by atoms with E-state index >= 15 is 0 Å². The summed E-state index contributed by atoms with van der Waals surface area (Å²) in [6, 6.07) is 2.46. The molecule has 0 saturated carbocycles. The van der Waals surface area contributed by atoms with Gasteiger partial charge in [0.2, 0.25) is 15.9 Å². The highest BCUT2D eigenvalue weighted by molar-refractivity contribution is 9.11. The molecule has 0 saturated heterocycles. The highest BCUT2D eigenvalue weighted by Crippen LogP contribution is 2.33. The molecule has 1 heterocycles. The zero-order chi connectivity index (χ0) is 15.8. The van der Waals surface area contributed by atoms with Crippen molar-refractivity contribution >= 4 is 47.6 Å². The van der Waals surface area contributed by atoms with E-state index in [0.717, 1.165) is 0 Å². The van der Waals surface area contributed by atoms with Gasteiger partial charge in [0.1, 0.15) is 10.7 Å². The van der Waals surface area contributed by atoms with Gasteiger partial charge in [-0.05, 0) is 57.8 Å². The van der Waals surface area contributed by atoms with Crippen molar-refractivity contribution in [2.75, 3.05) is 5.73 Å². The molecule has 1 unspecified atom stereocenters. The molecule has 2 aromatic rings. The van der Waals surface area contributed by atoms with Gasteiger partial charge in [0.15, 0.2) is 0 Å². The second kappa shape index (κ2) is 6.07. The predicted octanol–water partition coefficient (Wildman–Crippen LogP) is 3.13. The summed E-state index contributed by atoms with van der Waals surface area (Å²) in [5.74, 6) is 0.921. The van der Waals surface area contributed by atoms with Crippen molar-refractivity contribution in [2.24, 2.45) is 0 Å². The number of nitrogen functional groups attached to an aromatic ring is 1. The van der Waals surface area contributed by atoms with E-state index < -0.39 is 16.1 Å². The molecular weight excluding hydrogens is 426 g/mol. The molecule has 9 heteroatoms. The van der Waals surface area contributed by atoms with Crippen LogP contribution in [-0.4, -0.2) is 13.4 Å². The number of hydrogen-bond donors (Lipinski definition) is 2. The lowest BCUT2D eigenvalue weighted by atomic mass is 10.3. The average molecular weight is 439 g/mol. The molecule has 1 aromatic heterocycles. The van der Waals surface area contributed by atoms with E-state index in [4.69, 9.17) is 10.2 Å². The average Bonchev–Trinajstić information content (AvgIpc) is 2.73. The minimum atomic E-state index is -3.78. The number of nitrogens with zero attached hydrogens (tertiary/aromatic N) is 1. The fourth-order valence-corrected chi connectivity index (χ4v) is 5.57. The van der Waals surface area contributed by atoms with Gasteiger partial charge >= 0.3 is 0 Å². The molecule has 0 amide bonds. The molecule has 0 aliphatic carbocycles. The fourth-order valence-electron chi connectivity index (χ4n) is 1.75. The van der Waals surface area contributed by atoms with Crippen molar-refractivity contribution in [1.29, 1.82) is 0 Å². The normalized spacial score (nSPS) is 13.3. The van der Waals surface area contributed by atoms with Gasteiger partial charge in [0.05, 0.1) is 12.2 Å². The standard InChI is InChI=1S/C12H13Br2N3O3S/c1-6-5-16-12(20-6)7(2)17-21(18,19)11-9(13)3-8(15)4-10(11)14/h3-5,7,17H,15H2,1-2H3. The van der Waals surface area contributed by atoms with Crippen molar-refractivity contribution in [3.63, 3.8) is 0 Å². The van der Waals surface area contributed by atoms with Crippen LogP contribution in [0.3, 0.4) is 0 Å². The Balaban J connectivity index is 2.35. The number of anilines is 1. The van der Waals surface area contributed by atoms with Crippen LogP contribution in [-0.2, 0) is 10.0 Å². The molecule has 2 rings (SSSR count). The van der Waals surface area contributed by atoms with Crippen molar-refractivity contribution in [3.8, 4) is 0 Å². The van der Waals surface area contributed by atoms with Crippen LogP contribution in [0.25, 0.3) is 0 Å². The quantitative estimate of drug-likeness (QED) is 0.714. The maximum absolute atomic E-state index is 12.5. The van der Waals surface area contributed by atoms with Gasteiger partial charge < -0.3 is 10.2 Å². The molecule has 6 nitrogen and oxygen atoms in total. The van der Waals surface area contributed by atoms with Gasteiger partial charge in [-0.3, -0.25) is 0 Å². The molecule has 0 aliphatic rings. The Bertz CT molecular complexity index is 751. The number of aryl methyl sites for hydroxylation is 1. The number of halogens is 2. The number of nitrogens with two attached hydrogens (primary N) is 1. The van der Waals surface area contributed by atoms with Gasteiger partial charge in [-0.1, -0.05) is 0 Å². The molecule has 0 radical (unpaired) electrons. The van der Waals surface area contributed by atoms with Gasteiger partial charge in [0.25, 0.3) is 0 Å². The molecule has 0 bridgehead atoms. The summed E-state index contributed by atoms with van der Waals surface area (Å²) >= 11 is 6.43. The summed E-state index contributed by atoms with van der Waals surface area (Å²) < 4.78 is 33.6. The van der Waals surface area contributed by atoms with Crippen LogP contribution in [0.1, 0.15) is 24.6 Å². The summed E-state index contributed by atoms with van der Waals surface area (Å²) in [5.41, 5.74) is 6.11. The van der Waals surface area contributed by atoms with Crippen molar-refractivity contribution < 1.29 is 12.8 Å². The number of aromatic nitrogens is 1. The molecule has 114 valence electrons. The van der Waals surface area contributed by atoms with Crippen LogP contribution in [0.2, 0.25) is 0 Å². The van der Waals surface area contributed by atoms with Crippen molar-refractivity contribution in [2.45, 2.75) is 24.8 Å². The Morgan fingerprint density at radius 2 is 1.90 bits per heavy atom. The first-order valence-corrected chi connectivity index (χ1v) is 8.97. The lowest BCUT2D eigenvalue weighted by Crippen LogP contribution is -2.27. The summed E-state index contributed by atoms with van der Waals surface area (Å²) in [6.07, 6.45) is 1.54. The molecule has 0 fully saturated rings. The topological polar surface area (TPSA) is 98.2 Å². The number of nitrogens with one attached hydrogen (secondary N) is 1. The van der Waals surface area contributed by atoms with Crippen molar-refractivity contribution in [1.82, 2.24) is 9.71 Å². The SMILES string of the molecule is Cc1cnc(C(C)NS(=O)(=O)c2c(Br)cc(N)cc2Br)o1. The van der Waals surface area contributed by atoms with Crippen LogP contribution in [0.5, 0.6) is 0 Å². The van der Waals surface area contributed by atoms with E-state index in [9.17, 15) is 8.42 Å². The maximum atomic E-state index is 12.5. The van der Waals surface area contributed by atoms with E-state index in [0.29, 0.717) is 26.3 Å². The maximum Gasteiger partial charge on any atom is 0.243 e. The molecule has 21 heavy (non-hydrogen) atoms.